The zero-order valence-corrected chi connectivity index (χ0v) is 19.5. The second kappa shape index (κ2) is 11.3. The van der Waals surface area contributed by atoms with Crippen molar-refractivity contribution in [2.75, 3.05) is 12.4 Å². The first-order chi connectivity index (χ1) is 15.9. The van der Waals surface area contributed by atoms with Gasteiger partial charge in [0.05, 0.1) is 24.6 Å². The van der Waals surface area contributed by atoms with E-state index in [1.165, 1.54) is 25.5 Å². The van der Waals surface area contributed by atoms with Crippen molar-refractivity contribution in [3.63, 3.8) is 0 Å². The van der Waals surface area contributed by atoms with Crippen molar-refractivity contribution in [2.24, 2.45) is 5.10 Å². The fourth-order valence-corrected chi connectivity index (χ4v) is 3.10. The molecule has 3 aromatic carbocycles. The number of ether oxygens (including phenoxy) is 2. The van der Waals surface area contributed by atoms with Crippen molar-refractivity contribution < 1.29 is 23.9 Å². The van der Waals surface area contributed by atoms with E-state index in [0.717, 1.165) is 0 Å². The highest BCUT2D eigenvalue weighted by Gasteiger charge is 2.15. The summed E-state index contributed by atoms with van der Waals surface area (Å²) in [5.74, 6) is -1.91. The van der Waals surface area contributed by atoms with E-state index < -0.39 is 17.8 Å². The van der Waals surface area contributed by atoms with Crippen molar-refractivity contribution in [1.82, 2.24) is 5.43 Å². The minimum absolute atomic E-state index is 0.203. The number of methoxy groups -OCH3 is 1. The number of halogens is 2. The molecule has 10 heteroatoms. The minimum Gasteiger partial charge on any atom is -0.495 e. The van der Waals surface area contributed by atoms with E-state index in [4.69, 9.17) is 21.1 Å². The van der Waals surface area contributed by atoms with Crippen LogP contribution in [0.5, 0.6) is 11.5 Å². The highest BCUT2D eigenvalue weighted by atomic mass is 79.9. The summed E-state index contributed by atoms with van der Waals surface area (Å²) in [6, 6.07) is 17.8. The van der Waals surface area contributed by atoms with Crippen molar-refractivity contribution in [3.8, 4) is 11.5 Å². The molecule has 2 amide bonds. The fraction of sp³-hybridized carbons (Fsp3) is 0.0435. The van der Waals surface area contributed by atoms with Gasteiger partial charge in [0.1, 0.15) is 11.5 Å². The molecule has 8 nitrogen and oxygen atoms in total. The Bertz CT molecular complexity index is 1210. The van der Waals surface area contributed by atoms with Gasteiger partial charge in [0.15, 0.2) is 0 Å². The highest BCUT2D eigenvalue weighted by molar-refractivity contribution is 9.10. The van der Waals surface area contributed by atoms with Crippen LogP contribution >= 0.6 is 27.5 Å². The standard InChI is InChI=1S/C23H17BrClN3O5/c1-32-20-5-3-2-4-18(20)27-21(29)22(30)28-26-13-15-12-16(24)8-11-19(15)33-23(31)14-6-9-17(25)10-7-14/h2-13H,1H3,(H,27,29)(H,28,30). The van der Waals surface area contributed by atoms with Gasteiger partial charge >= 0.3 is 17.8 Å². The molecule has 33 heavy (non-hydrogen) atoms. The van der Waals surface area contributed by atoms with E-state index in [1.807, 2.05) is 0 Å². The van der Waals surface area contributed by atoms with Crippen LogP contribution in [0.3, 0.4) is 0 Å². The van der Waals surface area contributed by atoms with Crippen LogP contribution in [-0.4, -0.2) is 31.1 Å². The van der Waals surface area contributed by atoms with E-state index in [9.17, 15) is 14.4 Å². The first kappa shape index (κ1) is 24.0. The summed E-state index contributed by atoms with van der Waals surface area (Å²) in [6.45, 7) is 0. The van der Waals surface area contributed by atoms with E-state index in [1.54, 1.807) is 54.6 Å². The normalized spacial score (nSPS) is 10.5. The van der Waals surface area contributed by atoms with Crippen LogP contribution in [0.1, 0.15) is 15.9 Å². The maximum Gasteiger partial charge on any atom is 0.343 e. The number of esters is 1. The number of hydrazone groups is 1. The summed E-state index contributed by atoms with van der Waals surface area (Å²) < 4.78 is 11.3. The summed E-state index contributed by atoms with van der Waals surface area (Å²) in [4.78, 5) is 36.6. The Morgan fingerprint density at radius 3 is 2.42 bits per heavy atom. The number of rotatable bonds is 6. The molecule has 0 saturated heterocycles. The third-order valence-electron chi connectivity index (χ3n) is 4.19. The minimum atomic E-state index is -0.994. The fourth-order valence-electron chi connectivity index (χ4n) is 2.60. The summed E-state index contributed by atoms with van der Waals surface area (Å²) in [5.41, 5.74) is 3.17. The molecule has 0 aliphatic rings. The molecular formula is C23H17BrClN3O5. The van der Waals surface area contributed by atoms with E-state index in [0.29, 0.717) is 32.1 Å². The lowest BCUT2D eigenvalue weighted by Crippen LogP contribution is -2.32. The summed E-state index contributed by atoms with van der Waals surface area (Å²) in [7, 11) is 1.45. The van der Waals surface area contributed by atoms with Crippen LogP contribution in [0.2, 0.25) is 5.02 Å². The molecule has 3 rings (SSSR count). The summed E-state index contributed by atoms with van der Waals surface area (Å²) in [6.07, 6.45) is 1.25. The number of anilines is 1. The number of nitrogens with zero attached hydrogens (tertiary/aromatic N) is 1. The van der Waals surface area contributed by atoms with Crippen molar-refractivity contribution >= 4 is 57.2 Å². The molecule has 0 radical (unpaired) electrons. The molecule has 0 saturated carbocycles. The SMILES string of the molecule is COc1ccccc1NC(=O)C(=O)NN=Cc1cc(Br)ccc1OC(=O)c1ccc(Cl)cc1. The van der Waals surface area contributed by atoms with E-state index >= 15 is 0 Å². The Morgan fingerprint density at radius 2 is 1.70 bits per heavy atom. The zero-order chi connectivity index (χ0) is 23.8. The number of hydrogen-bond donors (Lipinski definition) is 2. The van der Waals surface area contributed by atoms with Gasteiger partial charge in [-0.15, -0.1) is 0 Å². The summed E-state index contributed by atoms with van der Waals surface area (Å²) >= 11 is 9.17. The molecule has 0 heterocycles. The average molecular weight is 531 g/mol. The lowest BCUT2D eigenvalue weighted by Gasteiger charge is -2.09. The van der Waals surface area contributed by atoms with Crippen molar-refractivity contribution in [2.45, 2.75) is 0 Å². The maximum absolute atomic E-state index is 12.4. The third kappa shape index (κ3) is 6.64. The summed E-state index contributed by atoms with van der Waals surface area (Å²) in [5, 5.41) is 6.73. The number of carbonyl (C=O) groups excluding carboxylic acids is 3. The van der Waals surface area contributed by atoms with Gasteiger partial charge in [-0.05, 0) is 54.6 Å². The van der Waals surface area contributed by atoms with Crippen LogP contribution in [0, 0.1) is 0 Å². The largest absolute Gasteiger partial charge is 0.495 e. The second-order valence-electron chi connectivity index (χ2n) is 6.43. The van der Waals surface area contributed by atoms with Gasteiger partial charge in [-0.2, -0.15) is 5.10 Å². The Labute approximate surface area is 202 Å². The molecule has 3 aromatic rings. The van der Waals surface area contributed by atoms with Gasteiger partial charge in [-0.1, -0.05) is 39.7 Å². The zero-order valence-electron chi connectivity index (χ0n) is 17.2. The van der Waals surface area contributed by atoms with E-state index in [2.05, 4.69) is 31.8 Å². The molecule has 0 fully saturated rings. The van der Waals surface area contributed by atoms with Crippen LogP contribution in [0.15, 0.2) is 76.3 Å². The van der Waals surface area contributed by atoms with Crippen molar-refractivity contribution in [3.05, 3.63) is 87.4 Å². The first-order valence-electron chi connectivity index (χ1n) is 9.42. The predicted octanol–water partition coefficient (Wildman–Crippen LogP) is 4.42. The molecule has 168 valence electrons. The van der Waals surface area contributed by atoms with Gasteiger partial charge < -0.3 is 14.8 Å². The average Bonchev–Trinajstić information content (AvgIpc) is 2.81. The van der Waals surface area contributed by atoms with Gasteiger partial charge in [0.2, 0.25) is 0 Å². The smallest absolute Gasteiger partial charge is 0.343 e. The number of para-hydroxylation sites is 2. The van der Waals surface area contributed by atoms with Crippen LogP contribution in [0.4, 0.5) is 5.69 Å². The first-order valence-corrected chi connectivity index (χ1v) is 10.6. The Morgan fingerprint density at radius 1 is 0.970 bits per heavy atom. The molecule has 2 N–H and O–H groups in total. The predicted molar refractivity (Wildman–Crippen MR) is 128 cm³/mol. The highest BCUT2D eigenvalue weighted by Crippen LogP contribution is 2.24. The quantitative estimate of drug-likeness (QED) is 0.161. The number of benzene rings is 3. The lowest BCUT2D eigenvalue weighted by molar-refractivity contribution is -0.136. The molecule has 0 bridgehead atoms. The number of amides is 2. The molecule has 0 unspecified atom stereocenters. The van der Waals surface area contributed by atoms with Gasteiger partial charge in [-0.25, -0.2) is 10.2 Å². The molecule has 0 aromatic heterocycles. The molecule has 0 atom stereocenters. The number of nitrogens with one attached hydrogen (secondary N) is 2. The Kier molecular flexibility index (Phi) is 8.17. The lowest BCUT2D eigenvalue weighted by atomic mass is 10.2. The number of carbonyl (C=O) groups is 3. The third-order valence-corrected chi connectivity index (χ3v) is 4.93. The van der Waals surface area contributed by atoms with Gasteiger partial charge in [0.25, 0.3) is 0 Å². The molecule has 0 aliphatic carbocycles. The number of hydrogen-bond acceptors (Lipinski definition) is 6. The van der Waals surface area contributed by atoms with E-state index in [-0.39, 0.29) is 5.75 Å². The van der Waals surface area contributed by atoms with Crippen molar-refractivity contribution in [1.29, 1.82) is 0 Å². The van der Waals surface area contributed by atoms with Crippen LogP contribution in [0.25, 0.3) is 0 Å². The molecular weight excluding hydrogens is 514 g/mol. The Hall–Kier alpha value is -3.69. The monoisotopic (exact) mass is 529 g/mol. The topological polar surface area (TPSA) is 106 Å². The van der Waals surface area contributed by atoms with Gasteiger partial charge in [-0.3, -0.25) is 9.59 Å². The molecule has 0 spiro atoms. The molecule has 0 aliphatic heterocycles. The Balaban J connectivity index is 1.67. The maximum atomic E-state index is 12.4. The van der Waals surface area contributed by atoms with Gasteiger partial charge in [0, 0.05) is 15.1 Å². The van der Waals surface area contributed by atoms with Crippen LogP contribution in [-0.2, 0) is 9.59 Å². The second-order valence-corrected chi connectivity index (χ2v) is 7.78. The van der Waals surface area contributed by atoms with Crippen LogP contribution < -0.4 is 20.2 Å².